The first-order chi connectivity index (χ1) is 11.3. The van der Waals surface area contributed by atoms with Crippen LogP contribution in [-0.2, 0) is 11.3 Å². The molecule has 2 aliphatic rings. The summed E-state index contributed by atoms with van der Waals surface area (Å²) in [5, 5.41) is 3.24. The van der Waals surface area contributed by atoms with Gasteiger partial charge in [0.15, 0.2) is 0 Å². The van der Waals surface area contributed by atoms with Crippen molar-refractivity contribution >= 4 is 5.91 Å². The van der Waals surface area contributed by atoms with Crippen molar-refractivity contribution in [3.63, 3.8) is 0 Å². The van der Waals surface area contributed by atoms with Gasteiger partial charge in [0.05, 0.1) is 6.04 Å². The van der Waals surface area contributed by atoms with E-state index in [0.29, 0.717) is 11.8 Å². The van der Waals surface area contributed by atoms with E-state index < -0.39 is 0 Å². The molecule has 2 atom stereocenters. The predicted molar refractivity (Wildman–Crippen MR) is 93.1 cm³/mol. The molecular weight excluding hydrogens is 286 g/mol. The molecule has 23 heavy (non-hydrogen) atoms. The Hall–Kier alpha value is -1.39. The molecule has 0 aliphatic carbocycles. The van der Waals surface area contributed by atoms with Crippen LogP contribution in [0.1, 0.15) is 31.2 Å². The summed E-state index contributed by atoms with van der Waals surface area (Å²) in [6, 6.07) is 10.6. The molecule has 1 aromatic carbocycles. The molecule has 2 heterocycles. The third kappa shape index (κ3) is 4.12. The van der Waals surface area contributed by atoms with Crippen LogP contribution in [0.15, 0.2) is 30.3 Å². The highest BCUT2D eigenvalue weighted by Crippen LogP contribution is 2.24. The van der Waals surface area contributed by atoms with E-state index in [-0.39, 0.29) is 6.04 Å². The van der Waals surface area contributed by atoms with Crippen LogP contribution in [0.25, 0.3) is 0 Å². The molecule has 1 aromatic rings. The average molecular weight is 315 g/mol. The highest BCUT2D eigenvalue weighted by Gasteiger charge is 2.34. The maximum atomic E-state index is 13.0. The fourth-order valence-corrected chi connectivity index (χ4v) is 3.98. The highest BCUT2D eigenvalue weighted by molar-refractivity contribution is 5.82. The SMILES string of the molecule is CNC[C@@H]1CCN(C(=O)[C@H]2CCCCN2Cc2ccccc2)C1. The maximum absolute atomic E-state index is 13.0. The number of hydrogen-bond donors (Lipinski definition) is 1. The molecular formula is C19H29N3O. The summed E-state index contributed by atoms with van der Waals surface area (Å²) < 4.78 is 0. The van der Waals surface area contributed by atoms with Crippen LogP contribution in [0, 0.1) is 5.92 Å². The molecule has 3 rings (SSSR count). The quantitative estimate of drug-likeness (QED) is 0.904. The first-order valence-corrected chi connectivity index (χ1v) is 8.99. The molecule has 0 unspecified atom stereocenters. The van der Waals surface area contributed by atoms with Crippen LogP contribution >= 0.6 is 0 Å². The summed E-state index contributed by atoms with van der Waals surface area (Å²) in [6.45, 7) is 4.81. The number of benzene rings is 1. The van der Waals surface area contributed by atoms with E-state index in [1.54, 1.807) is 0 Å². The molecule has 126 valence electrons. The molecule has 2 saturated heterocycles. The monoisotopic (exact) mass is 315 g/mol. The normalized spacial score (nSPS) is 25.7. The summed E-state index contributed by atoms with van der Waals surface area (Å²) in [5.41, 5.74) is 1.31. The molecule has 4 nitrogen and oxygen atoms in total. The van der Waals surface area contributed by atoms with Crippen molar-refractivity contribution < 1.29 is 4.79 Å². The first-order valence-electron chi connectivity index (χ1n) is 8.99. The smallest absolute Gasteiger partial charge is 0.239 e. The van der Waals surface area contributed by atoms with Gasteiger partial charge in [0.25, 0.3) is 0 Å². The Morgan fingerprint density at radius 1 is 1.17 bits per heavy atom. The minimum absolute atomic E-state index is 0.0808. The van der Waals surface area contributed by atoms with Gasteiger partial charge in [0, 0.05) is 19.6 Å². The Kier molecular flexibility index (Phi) is 5.68. The van der Waals surface area contributed by atoms with Crippen LogP contribution in [-0.4, -0.2) is 55.0 Å². The minimum Gasteiger partial charge on any atom is -0.341 e. The topological polar surface area (TPSA) is 35.6 Å². The van der Waals surface area contributed by atoms with Crippen molar-refractivity contribution in [1.82, 2.24) is 15.1 Å². The van der Waals surface area contributed by atoms with Crippen molar-refractivity contribution in [3.8, 4) is 0 Å². The van der Waals surface area contributed by atoms with Gasteiger partial charge in [-0.15, -0.1) is 0 Å². The average Bonchev–Trinajstić information content (AvgIpc) is 3.05. The molecule has 4 heteroatoms. The molecule has 0 radical (unpaired) electrons. The summed E-state index contributed by atoms with van der Waals surface area (Å²) in [7, 11) is 1.99. The molecule has 0 bridgehead atoms. The van der Waals surface area contributed by atoms with E-state index in [0.717, 1.165) is 45.6 Å². The second kappa shape index (κ2) is 7.93. The third-order valence-corrected chi connectivity index (χ3v) is 5.22. The van der Waals surface area contributed by atoms with E-state index in [9.17, 15) is 4.79 Å². The van der Waals surface area contributed by atoms with Gasteiger partial charge in [0.1, 0.15) is 0 Å². The summed E-state index contributed by atoms with van der Waals surface area (Å²) in [5.74, 6) is 0.981. The molecule has 0 saturated carbocycles. The van der Waals surface area contributed by atoms with Crippen LogP contribution in [0.2, 0.25) is 0 Å². The third-order valence-electron chi connectivity index (χ3n) is 5.22. The molecule has 0 spiro atoms. The summed E-state index contributed by atoms with van der Waals surface area (Å²) in [6.07, 6.45) is 4.53. The maximum Gasteiger partial charge on any atom is 0.239 e. The largest absolute Gasteiger partial charge is 0.341 e. The summed E-state index contributed by atoms with van der Waals surface area (Å²) in [4.78, 5) is 17.5. The highest BCUT2D eigenvalue weighted by atomic mass is 16.2. The molecule has 0 aromatic heterocycles. The fourth-order valence-electron chi connectivity index (χ4n) is 3.98. The van der Waals surface area contributed by atoms with Gasteiger partial charge in [0.2, 0.25) is 5.91 Å². The van der Waals surface area contributed by atoms with Crippen LogP contribution in [0.3, 0.4) is 0 Å². The van der Waals surface area contributed by atoms with Crippen LogP contribution < -0.4 is 5.32 Å². The van der Waals surface area contributed by atoms with Gasteiger partial charge < -0.3 is 10.2 Å². The van der Waals surface area contributed by atoms with Gasteiger partial charge in [-0.05, 0) is 50.9 Å². The van der Waals surface area contributed by atoms with Crippen molar-refractivity contribution in [2.24, 2.45) is 5.92 Å². The van der Waals surface area contributed by atoms with E-state index in [1.165, 1.54) is 18.4 Å². The van der Waals surface area contributed by atoms with Gasteiger partial charge in [-0.3, -0.25) is 9.69 Å². The second-order valence-electron chi connectivity index (χ2n) is 6.96. The Morgan fingerprint density at radius 2 is 2.00 bits per heavy atom. The zero-order valence-electron chi connectivity index (χ0n) is 14.2. The van der Waals surface area contributed by atoms with E-state index in [4.69, 9.17) is 0 Å². The molecule has 2 fully saturated rings. The lowest BCUT2D eigenvalue weighted by atomic mass is 10.00. The van der Waals surface area contributed by atoms with Gasteiger partial charge >= 0.3 is 0 Å². The molecule has 1 N–H and O–H groups in total. The van der Waals surface area contributed by atoms with Gasteiger partial charge in [-0.1, -0.05) is 36.8 Å². The standard InChI is InChI=1S/C19H29N3O/c1-20-13-17-10-12-22(15-17)19(23)18-9-5-6-11-21(18)14-16-7-3-2-4-8-16/h2-4,7-8,17-18,20H,5-6,9-15H2,1H3/t17-,18+/m0/s1. The molecule has 2 aliphatic heterocycles. The fraction of sp³-hybridized carbons (Fsp3) is 0.632. The number of hydrogen-bond acceptors (Lipinski definition) is 3. The number of nitrogens with zero attached hydrogens (tertiary/aromatic N) is 2. The van der Waals surface area contributed by atoms with Crippen molar-refractivity contribution in [2.75, 3.05) is 33.2 Å². The Balaban J connectivity index is 1.63. The van der Waals surface area contributed by atoms with Gasteiger partial charge in [-0.25, -0.2) is 0 Å². The Morgan fingerprint density at radius 3 is 2.78 bits per heavy atom. The van der Waals surface area contributed by atoms with Crippen LogP contribution in [0.4, 0.5) is 0 Å². The van der Waals surface area contributed by atoms with Crippen molar-refractivity contribution in [3.05, 3.63) is 35.9 Å². The Bertz CT molecular complexity index is 505. The number of rotatable bonds is 5. The van der Waals surface area contributed by atoms with E-state index in [1.807, 2.05) is 7.05 Å². The Labute approximate surface area is 139 Å². The number of carbonyl (C=O) groups excluding carboxylic acids is 1. The van der Waals surface area contributed by atoms with Crippen molar-refractivity contribution in [1.29, 1.82) is 0 Å². The van der Waals surface area contributed by atoms with E-state index >= 15 is 0 Å². The van der Waals surface area contributed by atoms with Crippen LogP contribution in [0.5, 0.6) is 0 Å². The number of likely N-dealkylation sites (tertiary alicyclic amines) is 2. The number of piperidine rings is 1. The second-order valence-corrected chi connectivity index (χ2v) is 6.96. The minimum atomic E-state index is 0.0808. The van der Waals surface area contributed by atoms with Crippen molar-refractivity contribution in [2.45, 2.75) is 38.3 Å². The zero-order valence-corrected chi connectivity index (χ0v) is 14.2. The number of nitrogens with one attached hydrogen (secondary N) is 1. The number of amides is 1. The lowest BCUT2D eigenvalue weighted by molar-refractivity contribution is -0.137. The first kappa shape index (κ1) is 16.5. The number of carbonyl (C=O) groups is 1. The summed E-state index contributed by atoms with van der Waals surface area (Å²) >= 11 is 0. The predicted octanol–water partition coefficient (Wildman–Crippen LogP) is 2.11. The zero-order chi connectivity index (χ0) is 16.1. The lowest BCUT2D eigenvalue weighted by Crippen LogP contribution is -2.50. The lowest BCUT2D eigenvalue weighted by Gasteiger charge is -2.36. The van der Waals surface area contributed by atoms with E-state index in [2.05, 4.69) is 45.4 Å². The van der Waals surface area contributed by atoms with Gasteiger partial charge in [-0.2, -0.15) is 0 Å². The molecule has 1 amide bonds.